The predicted molar refractivity (Wildman–Crippen MR) is 120 cm³/mol. The molecule has 1 N–H and O–H groups in total. The molecule has 1 aliphatic carbocycles. The van der Waals surface area contributed by atoms with Crippen molar-refractivity contribution in [2.75, 3.05) is 30.4 Å². The first kappa shape index (κ1) is 18.7. The van der Waals surface area contributed by atoms with Crippen LogP contribution in [0.1, 0.15) is 28.8 Å². The summed E-state index contributed by atoms with van der Waals surface area (Å²) in [5.74, 6) is 0.0513. The van der Waals surface area contributed by atoms with Crippen LogP contribution >= 0.6 is 0 Å². The first-order valence-electron chi connectivity index (χ1n) is 10.5. The van der Waals surface area contributed by atoms with Gasteiger partial charge in [-0.05, 0) is 47.4 Å². The van der Waals surface area contributed by atoms with E-state index in [2.05, 4.69) is 29.4 Å². The van der Waals surface area contributed by atoms with Crippen LogP contribution in [0, 0.1) is 5.92 Å². The molecule has 0 saturated heterocycles. The predicted octanol–water partition coefficient (Wildman–Crippen LogP) is 4.28. The Balaban J connectivity index is 1.52. The van der Waals surface area contributed by atoms with Crippen molar-refractivity contribution in [2.24, 2.45) is 5.92 Å². The number of likely N-dealkylation sites (N-methyl/N-ethyl adjacent to an activating group) is 1. The molecule has 2 aliphatic rings. The Bertz CT molecular complexity index is 1140. The zero-order valence-corrected chi connectivity index (χ0v) is 17.1. The number of hydrogen-bond donors (Lipinski definition) is 1. The van der Waals surface area contributed by atoms with E-state index in [4.69, 9.17) is 0 Å². The number of anilines is 2. The second-order valence-electron chi connectivity index (χ2n) is 8.29. The van der Waals surface area contributed by atoms with E-state index >= 15 is 0 Å². The molecule has 5 rings (SSSR count). The van der Waals surface area contributed by atoms with Crippen LogP contribution in [0.15, 0.2) is 60.7 Å². The number of carbonyl (C=O) groups excluding carboxylic acids is 2. The lowest BCUT2D eigenvalue weighted by atomic mass is 10.0. The van der Waals surface area contributed by atoms with E-state index in [0.717, 1.165) is 41.4 Å². The van der Waals surface area contributed by atoms with E-state index in [1.54, 1.807) is 0 Å². The SMILES string of the molecule is CN1CCN(C(=O)c2cc3ccccc3cc2NC(=O)C2CC2)Cc2ccccc21. The Kier molecular flexibility index (Phi) is 4.66. The second-order valence-corrected chi connectivity index (χ2v) is 8.29. The molecule has 0 spiro atoms. The highest BCUT2D eigenvalue weighted by molar-refractivity contribution is 6.08. The molecule has 1 fully saturated rings. The van der Waals surface area contributed by atoms with Crippen LogP contribution in [0.5, 0.6) is 0 Å². The van der Waals surface area contributed by atoms with Crippen molar-refractivity contribution in [3.05, 3.63) is 71.8 Å². The zero-order chi connectivity index (χ0) is 20.7. The highest BCUT2D eigenvalue weighted by Gasteiger charge is 2.31. The third-order valence-electron chi connectivity index (χ3n) is 6.08. The van der Waals surface area contributed by atoms with Crippen LogP contribution in [-0.2, 0) is 11.3 Å². The molecule has 0 aromatic heterocycles. The minimum atomic E-state index is -0.0445. The second kappa shape index (κ2) is 7.48. The number of amides is 2. The number of fused-ring (bicyclic) bond motifs is 2. The first-order chi connectivity index (χ1) is 14.6. The van der Waals surface area contributed by atoms with Crippen LogP contribution in [-0.4, -0.2) is 36.9 Å². The fourth-order valence-corrected chi connectivity index (χ4v) is 4.14. The summed E-state index contributed by atoms with van der Waals surface area (Å²) in [6.45, 7) is 1.95. The van der Waals surface area contributed by atoms with E-state index in [1.165, 1.54) is 0 Å². The minimum Gasteiger partial charge on any atom is -0.373 e. The Hall–Kier alpha value is -3.34. The van der Waals surface area contributed by atoms with Crippen molar-refractivity contribution in [3.8, 4) is 0 Å². The van der Waals surface area contributed by atoms with Gasteiger partial charge in [0.2, 0.25) is 5.91 Å². The van der Waals surface area contributed by atoms with Crippen molar-refractivity contribution in [2.45, 2.75) is 19.4 Å². The Morgan fingerprint density at radius 2 is 1.63 bits per heavy atom. The van der Waals surface area contributed by atoms with Gasteiger partial charge in [-0.2, -0.15) is 0 Å². The largest absolute Gasteiger partial charge is 0.373 e. The zero-order valence-electron chi connectivity index (χ0n) is 17.1. The maximum Gasteiger partial charge on any atom is 0.256 e. The molecule has 1 aliphatic heterocycles. The molecule has 5 nitrogen and oxygen atoms in total. The molecule has 1 heterocycles. The molecule has 3 aromatic carbocycles. The van der Waals surface area contributed by atoms with E-state index in [0.29, 0.717) is 24.3 Å². The maximum atomic E-state index is 13.7. The third kappa shape index (κ3) is 3.52. The molecule has 0 radical (unpaired) electrons. The van der Waals surface area contributed by atoms with Crippen molar-refractivity contribution < 1.29 is 9.59 Å². The van der Waals surface area contributed by atoms with Gasteiger partial charge in [-0.1, -0.05) is 42.5 Å². The topological polar surface area (TPSA) is 52.6 Å². The minimum absolute atomic E-state index is 0.0141. The Morgan fingerprint density at radius 3 is 2.40 bits per heavy atom. The van der Waals surface area contributed by atoms with Crippen LogP contribution in [0.25, 0.3) is 10.8 Å². The first-order valence-corrected chi connectivity index (χ1v) is 10.5. The van der Waals surface area contributed by atoms with Gasteiger partial charge in [0.1, 0.15) is 0 Å². The maximum absolute atomic E-state index is 13.7. The summed E-state index contributed by atoms with van der Waals surface area (Å²) in [5, 5.41) is 5.04. The Labute approximate surface area is 176 Å². The number of para-hydroxylation sites is 1. The van der Waals surface area contributed by atoms with E-state index in [9.17, 15) is 9.59 Å². The van der Waals surface area contributed by atoms with Crippen LogP contribution in [0.4, 0.5) is 11.4 Å². The van der Waals surface area contributed by atoms with Gasteiger partial charge >= 0.3 is 0 Å². The van der Waals surface area contributed by atoms with E-state index in [1.807, 2.05) is 53.4 Å². The lowest BCUT2D eigenvalue weighted by Gasteiger charge is -2.23. The van der Waals surface area contributed by atoms with Crippen molar-refractivity contribution in [1.29, 1.82) is 0 Å². The van der Waals surface area contributed by atoms with Gasteiger partial charge in [0.15, 0.2) is 0 Å². The van der Waals surface area contributed by atoms with Gasteiger partial charge < -0.3 is 15.1 Å². The summed E-state index contributed by atoms with van der Waals surface area (Å²) in [6.07, 6.45) is 1.86. The molecule has 30 heavy (non-hydrogen) atoms. The van der Waals surface area contributed by atoms with Crippen molar-refractivity contribution in [3.63, 3.8) is 0 Å². The average molecular weight is 399 g/mol. The molecule has 3 aromatic rings. The Morgan fingerprint density at radius 1 is 0.933 bits per heavy atom. The number of rotatable bonds is 3. The average Bonchev–Trinajstić information content (AvgIpc) is 3.61. The van der Waals surface area contributed by atoms with Crippen LogP contribution in [0.3, 0.4) is 0 Å². The van der Waals surface area contributed by atoms with Crippen molar-refractivity contribution in [1.82, 2.24) is 4.90 Å². The summed E-state index contributed by atoms with van der Waals surface area (Å²) in [4.78, 5) is 30.2. The van der Waals surface area contributed by atoms with Gasteiger partial charge in [0.25, 0.3) is 5.91 Å². The van der Waals surface area contributed by atoms with E-state index in [-0.39, 0.29) is 17.7 Å². The molecule has 0 unspecified atom stereocenters. The summed E-state index contributed by atoms with van der Waals surface area (Å²) in [6, 6.07) is 20.0. The lowest BCUT2D eigenvalue weighted by molar-refractivity contribution is -0.117. The van der Waals surface area contributed by atoms with Crippen LogP contribution < -0.4 is 10.2 Å². The number of carbonyl (C=O) groups is 2. The smallest absolute Gasteiger partial charge is 0.256 e. The summed E-state index contributed by atoms with van der Waals surface area (Å²) in [5.41, 5.74) is 3.47. The van der Waals surface area contributed by atoms with Crippen LogP contribution in [0.2, 0.25) is 0 Å². The summed E-state index contributed by atoms with van der Waals surface area (Å²) < 4.78 is 0. The summed E-state index contributed by atoms with van der Waals surface area (Å²) in [7, 11) is 2.06. The third-order valence-corrected chi connectivity index (χ3v) is 6.08. The van der Waals surface area contributed by atoms with Gasteiger partial charge in [0, 0.05) is 38.3 Å². The highest BCUT2D eigenvalue weighted by atomic mass is 16.2. The summed E-state index contributed by atoms with van der Waals surface area (Å²) >= 11 is 0. The molecule has 0 atom stereocenters. The number of hydrogen-bond acceptors (Lipinski definition) is 3. The number of nitrogens with one attached hydrogen (secondary N) is 1. The molecule has 0 bridgehead atoms. The highest BCUT2D eigenvalue weighted by Crippen LogP contribution is 2.33. The molecule has 1 saturated carbocycles. The molecule has 2 amide bonds. The van der Waals surface area contributed by atoms with Gasteiger partial charge in [0.05, 0.1) is 11.3 Å². The molecule has 152 valence electrons. The lowest BCUT2D eigenvalue weighted by Crippen LogP contribution is -2.35. The monoisotopic (exact) mass is 399 g/mol. The van der Waals surface area contributed by atoms with Crippen molar-refractivity contribution >= 4 is 34.0 Å². The standard InChI is InChI=1S/C25H25N3O2/c1-27-12-13-28(16-20-8-4-5-9-23(20)27)25(30)21-14-18-6-2-3-7-19(18)15-22(21)26-24(29)17-10-11-17/h2-9,14-15,17H,10-13,16H2,1H3,(H,26,29). The quantitative estimate of drug-likeness (QED) is 0.715. The molecule has 5 heteroatoms. The molecular formula is C25H25N3O2. The fraction of sp³-hybridized carbons (Fsp3) is 0.280. The van der Waals surface area contributed by atoms with Gasteiger partial charge in [-0.25, -0.2) is 0 Å². The van der Waals surface area contributed by atoms with E-state index < -0.39 is 0 Å². The number of benzene rings is 3. The molecular weight excluding hydrogens is 374 g/mol. The normalized spacial score (nSPS) is 16.2. The van der Waals surface area contributed by atoms with Gasteiger partial charge in [-0.3, -0.25) is 9.59 Å². The number of nitrogens with zero attached hydrogens (tertiary/aromatic N) is 2. The fourth-order valence-electron chi connectivity index (χ4n) is 4.14. The van der Waals surface area contributed by atoms with Gasteiger partial charge in [-0.15, -0.1) is 0 Å².